The third-order valence-corrected chi connectivity index (χ3v) is 0.864. The zero-order valence-corrected chi connectivity index (χ0v) is 3.48. The van der Waals surface area contributed by atoms with E-state index in [0.29, 0.717) is 6.61 Å². The van der Waals surface area contributed by atoms with E-state index in [1.807, 2.05) is 0 Å². The minimum absolute atomic E-state index is 0.715. The van der Waals surface area contributed by atoms with E-state index in [2.05, 4.69) is 4.74 Å². The average molecular weight is 88.1 g/mol. The van der Waals surface area contributed by atoms with Crippen LogP contribution in [0.5, 0.6) is 0 Å². The highest BCUT2D eigenvalue weighted by molar-refractivity contribution is 4.71. The van der Waals surface area contributed by atoms with Crippen LogP contribution in [0.1, 0.15) is 6.42 Å². The molecule has 1 fully saturated rings. The SMILES string of the molecule is NC1(N)CCO1. The fourth-order valence-electron chi connectivity index (χ4n) is 0.338. The van der Waals surface area contributed by atoms with Gasteiger partial charge >= 0.3 is 0 Å². The lowest BCUT2D eigenvalue weighted by Crippen LogP contribution is -2.59. The van der Waals surface area contributed by atoms with E-state index in [9.17, 15) is 0 Å². The highest BCUT2D eigenvalue weighted by Gasteiger charge is 2.27. The van der Waals surface area contributed by atoms with Crippen LogP contribution in [0.4, 0.5) is 0 Å². The Balaban J connectivity index is 2.31. The van der Waals surface area contributed by atoms with Gasteiger partial charge in [-0.2, -0.15) is 0 Å². The van der Waals surface area contributed by atoms with Gasteiger partial charge in [-0.3, -0.25) is 11.5 Å². The molecule has 0 saturated carbocycles. The summed E-state index contributed by atoms with van der Waals surface area (Å²) in [5.41, 5.74) is 10.4. The molecular formula is C3H8N2O. The van der Waals surface area contributed by atoms with Gasteiger partial charge in [0.25, 0.3) is 0 Å². The first-order chi connectivity index (χ1) is 2.71. The number of nitrogens with two attached hydrogens (primary N) is 2. The lowest BCUT2D eigenvalue weighted by molar-refractivity contribution is -0.138. The number of rotatable bonds is 0. The smallest absolute Gasteiger partial charge is 0.171 e. The molecule has 1 heterocycles. The van der Waals surface area contributed by atoms with E-state index in [4.69, 9.17) is 11.5 Å². The predicted molar refractivity (Wildman–Crippen MR) is 21.7 cm³/mol. The van der Waals surface area contributed by atoms with E-state index in [0.717, 1.165) is 6.42 Å². The van der Waals surface area contributed by atoms with Gasteiger partial charge in [0.15, 0.2) is 5.85 Å². The number of ether oxygens (including phenoxy) is 1. The van der Waals surface area contributed by atoms with Crippen molar-refractivity contribution in [2.75, 3.05) is 6.61 Å². The van der Waals surface area contributed by atoms with Crippen molar-refractivity contribution in [3.63, 3.8) is 0 Å². The molecule has 6 heavy (non-hydrogen) atoms. The molecule has 0 aromatic rings. The molecule has 3 heteroatoms. The summed E-state index contributed by atoms with van der Waals surface area (Å²) in [4.78, 5) is 0. The molecule has 0 unspecified atom stereocenters. The van der Waals surface area contributed by atoms with Crippen molar-refractivity contribution >= 4 is 0 Å². The fourth-order valence-corrected chi connectivity index (χ4v) is 0.338. The molecule has 4 N–H and O–H groups in total. The Morgan fingerprint density at radius 1 is 1.50 bits per heavy atom. The van der Waals surface area contributed by atoms with Crippen LogP contribution in [0.15, 0.2) is 0 Å². The summed E-state index contributed by atoms with van der Waals surface area (Å²) in [6, 6.07) is 0. The van der Waals surface area contributed by atoms with Crippen molar-refractivity contribution in [3.8, 4) is 0 Å². The highest BCUT2D eigenvalue weighted by atomic mass is 16.5. The molecule has 0 aromatic carbocycles. The quantitative estimate of drug-likeness (QED) is 0.372. The molecule has 1 aliphatic heterocycles. The molecule has 0 amide bonds. The Morgan fingerprint density at radius 2 is 1.83 bits per heavy atom. The van der Waals surface area contributed by atoms with Crippen molar-refractivity contribution in [2.45, 2.75) is 12.3 Å². The normalized spacial score (nSPS) is 29.0. The van der Waals surface area contributed by atoms with Gasteiger partial charge in [-0.1, -0.05) is 0 Å². The molecule has 0 bridgehead atoms. The fraction of sp³-hybridized carbons (Fsp3) is 1.00. The van der Waals surface area contributed by atoms with Crippen LogP contribution in [-0.4, -0.2) is 12.5 Å². The second-order valence-corrected chi connectivity index (χ2v) is 1.55. The zero-order valence-electron chi connectivity index (χ0n) is 3.48. The average Bonchev–Trinajstić information content (AvgIpc) is 1.32. The van der Waals surface area contributed by atoms with E-state index < -0.39 is 5.85 Å². The van der Waals surface area contributed by atoms with Gasteiger partial charge in [0, 0.05) is 6.42 Å². The Kier molecular flexibility index (Phi) is 0.629. The van der Waals surface area contributed by atoms with E-state index in [1.165, 1.54) is 0 Å². The van der Waals surface area contributed by atoms with Crippen molar-refractivity contribution < 1.29 is 4.74 Å². The summed E-state index contributed by atoms with van der Waals surface area (Å²) in [7, 11) is 0. The summed E-state index contributed by atoms with van der Waals surface area (Å²) in [6.07, 6.45) is 0.785. The molecule has 0 radical (unpaired) electrons. The first-order valence-corrected chi connectivity index (χ1v) is 1.92. The predicted octanol–water partition coefficient (Wildman–Crippen LogP) is -1.02. The molecule has 0 aliphatic carbocycles. The monoisotopic (exact) mass is 88.1 g/mol. The second kappa shape index (κ2) is 0.932. The van der Waals surface area contributed by atoms with Crippen LogP contribution in [0.25, 0.3) is 0 Å². The zero-order chi connectivity index (χ0) is 4.62. The molecule has 1 saturated heterocycles. The summed E-state index contributed by atoms with van der Waals surface area (Å²) in [6.45, 7) is 0.715. The van der Waals surface area contributed by atoms with Crippen LogP contribution >= 0.6 is 0 Å². The molecule has 0 atom stereocenters. The number of hydrogen-bond donors (Lipinski definition) is 2. The summed E-state index contributed by atoms with van der Waals surface area (Å²) < 4.78 is 4.67. The lowest BCUT2D eigenvalue weighted by atomic mass is 10.2. The van der Waals surface area contributed by atoms with Crippen molar-refractivity contribution in [3.05, 3.63) is 0 Å². The molecule has 0 aromatic heterocycles. The molecular weight excluding hydrogens is 80.0 g/mol. The van der Waals surface area contributed by atoms with Gasteiger partial charge in [0.1, 0.15) is 0 Å². The Hall–Kier alpha value is -0.120. The third kappa shape index (κ3) is 0.518. The van der Waals surface area contributed by atoms with Crippen LogP contribution in [0, 0.1) is 0 Å². The largest absolute Gasteiger partial charge is 0.347 e. The summed E-state index contributed by atoms with van der Waals surface area (Å²) >= 11 is 0. The number of hydrogen-bond acceptors (Lipinski definition) is 3. The Labute approximate surface area is 36.3 Å². The van der Waals surface area contributed by atoms with Gasteiger partial charge in [0.05, 0.1) is 6.61 Å². The van der Waals surface area contributed by atoms with Crippen LogP contribution in [-0.2, 0) is 4.74 Å². The van der Waals surface area contributed by atoms with E-state index >= 15 is 0 Å². The van der Waals surface area contributed by atoms with Gasteiger partial charge < -0.3 is 4.74 Å². The van der Waals surface area contributed by atoms with Gasteiger partial charge in [-0.25, -0.2) is 0 Å². The van der Waals surface area contributed by atoms with E-state index in [1.54, 1.807) is 0 Å². The summed E-state index contributed by atoms with van der Waals surface area (Å²) in [5.74, 6) is -0.778. The first-order valence-electron chi connectivity index (χ1n) is 1.92. The van der Waals surface area contributed by atoms with E-state index in [-0.39, 0.29) is 0 Å². The molecule has 3 nitrogen and oxygen atoms in total. The van der Waals surface area contributed by atoms with Crippen molar-refractivity contribution in [2.24, 2.45) is 11.5 Å². The third-order valence-electron chi connectivity index (χ3n) is 0.864. The topological polar surface area (TPSA) is 61.3 Å². The summed E-state index contributed by atoms with van der Waals surface area (Å²) in [5, 5.41) is 0. The maximum Gasteiger partial charge on any atom is 0.171 e. The molecule has 36 valence electrons. The molecule has 1 rings (SSSR count). The van der Waals surface area contributed by atoms with Crippen LogP contribution in [0.2, 0.25) is 0 Å². The van der Waals surface area contributed by atoms with Gasteiger partial charge in [0.2, 0.25) is 0 Å². The molecule has 1 aliphatic rings. The second-order valence-electron chi connectivity index (χ2n) is 1.55. The lowest BCUT2D eigenvalue weighted by Gasteiger charge is -2.33. The minimum atomic E-state index is -0.778. The van der Waals surface area contributed by atoms with Gasteiger partial charge in [-0.05, 0) is 0 Å². The van der Waals surface area contributed by atoms with Crippen molar-refractivity contribution in [1.29, 1.82) is 0 Å². The maximum absolute atomic E-state index is 5.18. The van der Waals surface area contributed by atoms with Crippen LogP contribution < -0.4 is 11.5 Å². The highest BCUT2D eigenvalue weighted by Crippen LogP contribution is 2.11. The maximum atomic E-state index is 5.18. The van der Waals surface area contributed by atoms with Crippen LogP contribution in [0.3, 0.4) is 0 Å². The molecule has 0 spiro atoms. The van der Waals surface area contributed by atoms with Gasteiger partial charge in [-0.15, -0.1) is 0 Å². The standard InChI is InChI=1S/C3H8N2O/c4-3(5)1-2-6-3/h1-2,4-5H2. The Bertz CT molecular complexity index is 55.8. The minimum Gasteiger partial charge on any atom is -0.347 e. The van der Waals surface area contributed by atoms with Crippen molar-refractivity contribution in [1.82, 2.24) is 0 Å². The first kappa shape index (κ1) is 4.05. The Morgan fingerprint density at radius 3 is 1.83 bits per heavy atom.